The van der Waals surface area contributed by atoms with Crippen molar-refractivity contribution in [1.82, 2.24) is 0 Å². The summed E-state index contributed by atoms with van der Waals surface area (Å²) in [7, 11) is 0. The lowest BCUT2D eigenvalue weighted by Crippen LogP contribution is -2.48. The number of benzene rings is 2. The number of esters is 1. The van der Waals surface area contributed by atoms with Gasteiger partial charge in [-0.3, -0.25) is 0 Å². The molecule has 0 amide bonds. The molecule has 0 aliphatic heterocycles. The van der Waals surface area contributed by atoms with Gasteiger partial charge in [-0.05, 0) is 44.5 Å². The lowest BCUT2D eigenvalue weighted by Gasteiger charge is -2.36. The molecule has 0 saturated carbocycles. The zero-order chi connectivity index (χ0) is 15.0. The highest BCUT2D eigenvalue weighted by molar-refractivity contribution is 6.04. The van der Waals surface area contributed by atoms with Gasteiger partial charge in [-0.1, -0.05) is 36.4 Å². The van der Waals surface area contributed by atoms with E-state index in [9.17, 15) is 9.90 Å². The van der Waals surface area contributed by atoms with Crippen LogP contribution in [0.1, 0.15) is 38.1 Å². The molecule has 1 N–H and O–H groups in total. The minimum atomic E-state index is -1.12. The van der Waals surface area contributed by atoms with Crippen LogP contribution in [0.3, 0.4) is 0 Å². The van der Waals surface area contributed by atoms with Gasteiger partial charge < -0.3 is 9.84 Å². The Labute approximate surface area is 119 Å². The smallest absolute Gasteiger partial charge is 0.339 e. The third-order valence-electron chi connectivity index (χ3n) is 3.83. The van der Waals surface area contributed by atoms with Crippen molar-refractivity contribution in [2.24, 2.45) is 0 Å². The summed E-state index contributed by atoms with van der Waals surface area (Å²) in [6.07, 6.45) is 0. The molecule has 0 unspecified atom stereocenters. The fraction of sp³-hybridized carbons (Fsp3) is 0.353. The third kappa shape index (κ3) is 2.68. The Hall–Kier alpha value is -1.87. The van der Waals surface area contributed by atoms with Crippen molar-refractivity contribution in [3.8, 4) is 0 Å². The van der Waals surface area contributed by atoms with Crippen LogP contribution in [-0.4, -0.2) is 22.3 Å². The number of carbonyl (C=O) groups is 1. The predicted molar refractivity (Wildman–Crippen MR) is 79.7 cm³/mol. The van der Waals surface area contributed by atoms with Crippen molar-refractivity contribution < 1.29 is 14.6 Å². The van der Waals surface area contributed by atoms with Gasteiger partial charge in [-0.15, -0.1) is 0 Å². The summed E-state index contributed by atoms with van der Waals surface area (Å²) >= 11 is 0. The number of hydrogen-bond acceptors (Lipinski definition) is 3. The van der Waals surface area contributed by atoms with E-state index >= 15 is 0 Å². The summed E-state index contributed by atoms with van der Waals surface area (Å²) in [5, 5.41) is 11.9. The van der Waals surface area contributed by atoms with Crippen molar-refractivity contribution in [3.63, 3.8) is 0 Å². The maximum atomic E-state index is 12.4. The van der Waals surface area contributed by atoms with Crippen LogP contribution < -0.4 is 0 Å². The minimum absolute atomic E-state index is 0.422. The summed E-state index contributed by atoms with van der Waals surface area (Å²) in [4.78, 5) is 12.4. The molecule has 0 aromatic heterocycles. The summed E-state index contributed by atoms with van der Waals surface area (Å²) in [5.41, 5.74) is -1.57. The highest BCUT2D eigenvalue weighted by Crippen LogP contribution is 2.28. The van der Waals surface area contributed by atoms with E-state index in [2.05, 4.69) is 0 Å². The normalized spacial score (nSPS) is 12.4. The Morgan fingerprint density at radius 2 is 1.60 bits per heavy atom. The van der Waals surface area contributed by atoms with Crippen molar-refractivity contribution in [3.05, 3.63) is 48.0 Å². The Morgan fingerprint density at radius 3 is 2.25 bits per heavy atom. The number of fused-ring (bicyclic) bond motifs is 1. The molecule has 0 fully saturated rings. The first-order valence-corrected chi connectivity index (χ1v) is 6.66. The molecule has 2 rings (SSSR count). The van der Waals surface area contributed by atoms with Crippen molar-refractivity contribution >= 4 is 16.7 Å². The molecule has 2 aromatic carbocycles. The van der Waals surface area contributed by atoms with Crippen LogP contribution in [0.2, 0.25) is 0 Å². The van der Waals surface area contributed by atoms with Crippen LogP contribution >= 0.6 is 0 Å². The van der Waals surface area contributed by atoms with E-state index in [0.717, 1.165) is 10.8 Å². The molecule has 3 nitrogen and oxygen atoms in total. The second kappa shape index (κ2) is 4.91. The topological polar surface area (TPSA) is 46.5 Å². The monoisotopic (exact) mass is 272 g/mol. The van der Waals surface area contributed by atoms with E-state index in [4.69, 9.17) is 4.74 Å². The first-order chi connectivity index (χ1) is 9.22. The largest absolute Gasteiger partial charge is 0.453 e. The lowest BCUT2D eigenvalue weighted by molar-refractivity contribution is -0.116. The molecule has 0 aliphatic carbocycles. The van der Waals surface area contributed by atoms with Crippen molar-refractivity contribution in [1.29, 1.82) is 0 Å². The van der Waals surface area contributed by atoms with E-state index in [1.165, 1.54) is 0 Å². The van der Waals surface area contributed by atoms with Crippen LogP contribution in [-0.2, 0) is 4.74 Å². The fourth-order valence-electron chi connectivity index (χ4n) is 1.82. The maximum Gasteiger partial charge on any atom is 0.339 e. The molecular weight excluding hydrogens is 252 g/mol. The van der Waals surface area contributed by atoms with Crippen molar-refractivity contribution in [2.45, 2.75) is 38.9 Å². The van der Waals surface area contributed by atoms with Gasteiger partial charge in [0, 0.05) is 0 Å². The van der Waals surface area contributed by atoms with Gasteiger partial charge in [0.1, 0.15) is 5.60 Å². The second-order valence-corrected chi connectivity index (χ2v) is 5.99. The first-order valence-electron chi connectivity index (χ1n) is 6.66. The summed E-state index contributed by atoms with van der Waals surface area (Å²) in [5.74, 6) is -0.422. The van der Waals surface area contributed by atoms with Crippen LogP contribution in [0.4, 0.5) is 0 Å². The molecule has 0 bridgehead atoms. The molecule has 0 heterocycles. The number of rotatable bonds is 3. The average molecular weight is 272 g/mol. The standard InChI is InChI=1S/C17H20O3/c1-16(2,19)17(3,4)20-15(18)14-11-7-9-12-8-5-6-10-13(12)14/h5-11,19H,1-4H3. The molecule has 3 heteroatoms. The molecule has 0 atom stereocenters. The molecule has 0 saturated heterocycles. The van der Waals surface area contributed by atoms with Gasteiger partial charge in [0.2, 0.25) is 0 Å². The fourth-order valence-corrected chi connectivity index (χ4v) is 1.82. The molecule has 20 heavy (non-hydrogen) atoms. The van der Waals surface area contributed by atoms with E-state index in [-0.39, 0.29) is 0 Å². The number of ether oxygens (including phenoxy) is 1. The summed E-state index contributed by atoms with van der Waals surface area (Å²) < 4.78 is 5.51. The SMILES string of the molecule is CC(C)(O)C(C)(C)OC(=O)c1cccc2ccccc12. The van der Waals surface area contributed by atoms with E-state index in [0.29, 0.717) is 5.56 Å². The van der Waals surface area contributed by atoms with Gasteiger partial charge in [-0.2, -0.15) is 0 Å². The second-order valence-electron chi connectivity index (χ2n) is 5.99. The summed E-state index contributed by atoms with van der Waals surface area (Å²) in [6.45, 7) is 6.67. The molecule has 0 spiro atoms. The maximum absolute atomic E-state index is 12.4. The van der Waals surface area contributed by atoms with Gasteiger partial charge in [0.25, 0.3) is 0 Å². The Bertz CT molecular complexity index is 631. The highest BCUT2D eigenvalue weighted by Gasteiger charge is 2.39. The van der Waals surface area contributed by atoms with Crippen molar-refractivity contribution in [2.75, 3.05) is 0 Å². The Kier molecular flexibility index (Phi) is 3.57. The zero-order valence-corrected chi connectivity index (χ0v) is 12.3. The lowest BCUT2D eigenvalue weighted by atomic mass is 9.89. The number of aliphatic hydroxyl groups is 1. The molecule has 2 aromatic rings. The molecule has 0 radical (unpaired) electrons. The van der Waals surface area contributed by atoms with Gasteiger partial charge in [0.05, 0.1) is 11.2 Å². The van der Waals surface area contributed by atoms with Gasteiger partial charge >= 0.3 is 5.97 Å². The van der Waals surface area contributed by atoms with E-state index in [1.54, 1.807) is 33.8 Å². The quantitative estimate of drug-likeness (QED) is 0.869. The Morgan fingerprint density at radius 1 is 1.00 bits per heavy atom. The summed E-state index contributed by atoms with van der Waals surface area (Å²) in [6, 6.07) is 13.2. The van der Waals surface area contributed by atoms with E-state index < -0.39 is 17.2 Å². The van der Waals surface area contributed by atoms with Crippen LogP contribution in [0.5, 0.6) is 0 Å². The molecular formula is C17H20O3. The first kappa shape index (κ1) is 14.5. The van der Waals surface area contributed by atoms with Crippen LogP contribution in [0.25, 0.3) is 10.8 Å². The zero-order valence-electron chi connectivity index (χ0n) is 12.3. The minimum Gasteiger partial charge on any atom is -0.453 e. The third-order valence-corrected chi connectivity index (χ3v) is 3.83. The van der Waals surface area contributed by atoms with Gasteiger partial charge in [-0.25, -0.2) is 4.79 Å². The van der Waals surface area contributed by atoms with Gasteiger partial charge in [0.15, 0.2) is 0 Å². The predicted octanol–water partition coefficient (Wildman–Crippen LogP) is 3.55. The van der Waals surface area contributed by atoms with Crippen LogP contribution in [0.15, 0.2) is 42.5 Å². The highest BCUT2D eigenvalue weighted by atomic mass is 16.6. The van der Waals surface area contributed by atoms with Crippen LogP contribution in [0, 0.1) is 0 Å². The number of hydrogen-bond donors (Lipinski definition) is 1. The van der Waals surface area contributed by atoms with E-state index in [1.807, 2.05) is 36.4 Å². The molecule has 0 aliphatic rings. The average Bonchev–Trinajstić information content (AvgIpc) is 2.36. The Balaban J connectivity index is 2.38. The number of carbonyl (C=O) groups excluding carboxylic acids is 1. The molecule has 106 valence electrons.